The SMILES string of the molecule is O=C(CC1CCCN(S(=O)(=O)c2ccccc2)C1)NNc1cccc([N+](=O)[O-])c1. The first-order valence-electron chi connectivity index (χ1n) is 9.21. The molecule has 2 aromatic carbocycles. The van der Waals surface area contributed by atoms with Gasteiger partial charge in [-0.05, 0) is 37.0 Å². The van der Waals surface area contributed by atoms with Gasteiger partial charge in [-0.2, -0.15) is 4.31 Å². The Bertz CT molecular complexity index is 981. The molecule has 1 heterocycles. The van der Waals surface area contributed by atoms with Crippen LogP contribution in [0.4, 0.5) is 11.4 Å². The van der Waals surface area contributed by atoms with Gasteiger partial charge in [-0.25, -0.2) is 8.42 Å². The van der Waals surface area contributed by atoms with Crippen LogP contribution in [0.2, 0.25) is 0 Å². The molecule has 0 saturated carbocycles. The Morgan fingerprint density at radius 2 is 1.93 bits per heavy atom. The van der Waals surface area contributed by atoms with Crippen LogP contribution in [-0.2, 0) is 14.8 Å². The van der Waals surface area contributed by atoms with Crippen LogP contribution in [0.3, 0.4) is 0 Å². The van der Waals surface area contributed by atoms with E-state index in [4.69, 9.17) is 0 Å². The maximum Gasteiger partial charge on any atom is 0.271 e. The van der Waals surface area contributed by atoms with Gasteiger partial charge in [0.15, 0.2) is 0 Å². The maximum atomic E-state index is 12.8. The standard InChI is InChI=1S/C19H22N4O5S/c24-19(21-20-16-7-4-8-17(13-16)23(25)26)12-15-6-5-11-22(14-15)29(27,28)18-9-2-1-3-10-18/h1-4,7-10,13,15,20H,5-6,11-12,14H2,(H,21,24). The molecule has 0 aromatic heterocycles. The van der Waals surface area contributed by atoms with Gasteiger partial charge in [0.2, 0.25) is 15.9 Å². The number of nitro benzene ring substituents is 1. The van der Waals surface area contributed by atoms with Crippen molar-refractivity contribution in [1.82, 2.24) is 9.73 Å². The van der Waals surface area contributed by atoms with Crippen molar-refractivity contribution in [3.63, 3.8) is 0 Å². The predicted octanol–water partition coefficient (Wildman–Crippen LogP) is 2.53. The first-order valence-corrected chi connectivity index (χ1v) is 10.6. The van der Waals surface area contributed by atoms with Crippen LogP contribution in [0, 0.1) is 16.0 Å². The van der Waals surface area contributed by atoms with E-state index in [1.165, 1.54) is 22.5 Å². The van der Waals surface area contributed by atoms with Crippen LogP contribution in [-0.4, -0.2) is 36.6 Å². The summed E-state index contributed by atoms with van der Waals surface area (Å²) in [5, 5.41) is 10.8. The Morgan fingerprint density at radius 3 is 2.66 bits per heavy atom. The van der Waals surface area contributed by atoms with Crippen molar-refractivity contribution >= 4 is 27.3 Å². The Kier molecular flexibility index (Phi) is 6.45. The number of hydrazine groups is 1. The summed E-state index contributed by atoms with van der Waals surface area (Å²) in [6.07, 6.45) is 1.59. The molecule has 0 bridgehead atoms. The van der Waals surface area contributed by atoms with E-state index in [9.17, 15) is 23.3 Å². The molecule has 2 N–H and O–H groups in total. The van der Waals surface area contributed by atoms with Gasteiger partial charge in [-0.15, -0.1) is 0 Å². The number of piperidine rings is 1. The molecule has 1 atom stereocenters. The van der Waals surface area contributed by atoms with Crippen LogP contribution in [0.5, 0.6) is 0 Å². The average Bonchev–Trinajstić information content (AvgIpc) is 2.73. The lowest BCUT2D eigenvalue weighted by Crippen LogP contribution is -2.41. The number of nitrogens with one attached hydrogen (secondary N) is 2. The van der Waals surface area contributed by atoms with E-state index in [1.54, 1.807) is 36.4 Å². The summed E-state index contributed by atoms with van der Waals surface area (Å²) in [4.78, 5) is 22.8. The van der Waals surface area contributed by atoms with Crippen molar-refractivity contribution < 1.29 is 18.1 Å². The average molecular weight is 418 g/mol. The fourth-order valence-electron chi connectivity index (χ4n) is 3.31. The zero-order chi connectivity index (χ0) is 20.9. The first kappa shape index (κ1) is 20.7. The second kappa shape index (κ2) is 9.01. The first-order chi connectivity index (χ1) is 13.9. The molecule has 154 valence electrons. The molecule has 0 aliphatic carbocycles. The molecule has 1 unspecified atom stereocenters. The second-order valence-electron chi connectivity index (χ2n) is 6.87. The summed E-state index contributed by atoms with van der Waals surface area (Å²) in [7, 11) is -3.58. The highest BCUT2D eigenvalue weighted by atomic mass is 32.2. The number of nitro groups is 1. The third kappa shape index (κ3) is 5.30. The van der Waals surface area contributed by atoms with Crippen LogP contribution in [0.25, 0.3) is 0 Å². The Balaban J connectivity index is 1.56. The lowest BCUT2D eigenvalue weighted by molar-refractivity contribution is -0.384. The summed E-state index contributed by atoms with van der Waals surface area (Å²) < 4.78 is 27.0. The number of nitrogens with zero attached hydrogens (tertiary/aromatic N) is 2. The van der Waals surface area contributed by atoms with Crippen molar-refractivity contribution in [3.05, 3.63) is 64.7 Å². The molecule has 1 fully saturated rings. The van der Waals surface area contributed by atoms with Crippen molar-refractivity contribution in [1.29, 1.82) is 0 Å². The number of benzene rings is 2. The van der Waals surface area contributed by atoms with Crippen molar-refractivity contribution in [3.8, 4) is 0 Å². The van der Waals surface area contributed by atoms with Gasteiger partial charge in [0, 0.05) is 31.6 Å². The van der Waals surface area contributed by atoms with Crippen LogP contribution < -0.4 is 10.9 Å². The smallest absolute Gasteiger partial charge is 0.271 e. The lowest BCUT2D eigenvalue weighted by atomic mass is 9.96. The number of non-ortho nitro benzene ring substituents is 1. The highest BCUT2D eigenvalue weighted by Crippen LogP contribution is 2.25. The highest BCUT2D eigenvalue weighted by molar-refractivity contribution is 7.89. The maximum absolute atomic E-state index is 12.8. The number of sulfonamides is 1. The van der Waals surface area contributed by atoms with E-state index in [1.807, 2.05) is 0 Å². The minimum atomic E-state index is -3.58. The summed E-state index contributed by atoms with van der Waals surface area (Å²) >= 11 is 0. The van der Waals surface area contributed by atoms with Crippen molar-refractivity contribution in [2.45, 2.75) is 24.2 Å². The number of hydrogen-bond donors (Lipinski definition) is 2. The zero-order valence-corrected chi connectivity index (χ0v) is 16.5. The third-order valence-corrected chi connectivity index (χ3v) is 6.62. The molecule has 0 spiro atoms. The fourth-order valence-corrected chi connectivity index (χ4v) is 4.88. The third-order valence-electron chi connectivity index (χ3n) is 4.74. The molecule has 3 rings (SSSR count). The van der Waals surface area contributed by atoms with Crippen LogP contribution in [0.15, 0.2) is 59.5 Å². The number of hydrogen-bond acceptors (Lipinski definition) is 6. The minimum Gasteiger partial charge on any atom is -0.298 e. The normalized spacial score (nSPS) is 17.4. The monoisotopic (exact) mass is 418 g/mol. The molecule has 1 amide bonds. The molecular weight excluding hydrogens is 396 g/mol. The Labute approximate surface area is 168 Å². The van der Waals surface area contributed by atoms with E-state index < -0.39 is 14.9 Å². The van der Waals surface area contributed by atoms with E-state index in [2.05, 4.69) is 10.9 Å². The number of amides is 1. The minimum absolute atomic E-state index is 0.0849. The number of anilines is 1. The molecule has 1 aliphatic heterocycles. The van der Waals surface area contributed by atoms with Gasteiger partial charge in [0.1, 0.15) is 0 Å². The lowest BCUT2D eigenvalue weighted by Gasteiger charge is -2.31. The highest BCUT2D eigenvalue weighted by Gasteiger charge is 2.31. The summed E-state index contributed by atoms with van der Waals surface area (Å²) in [6, 6.07) is 14.0. The summed E-state index contributed by atoms with van der Waals surface area (Å²) in [5.74, 6) is -0.408. The van der Waals surface area contributed by atoms with Gasteiger partial charge in [-0.3, -0.25) is 25.8 Å². The van der Waals surface area contributed by atoms with Crippen LogP contribution >= 0.6 is 0 Å². The van der Waals surface area contributed by atoms with Crippen molar-refractivity contribution in [2.24, 2.45) is 5.92 Å². The molecule has 1 aliphatic rings. The van der Waals surface area contributed by atoms with Crippen molar-refractivity contribution in [2.75, 3.05) is 18.5 Å². The topological polar surface area (TPSA) is 122 Å². The van der Waals surface area contributed by atoms with Gasteiger partial charge in [-0.1, -0.05) is 24.3 Å². The van der Waals surface area contributed by atoms with Crippen LogP contribution in [0.1, 0.15) is 19.3 Å². The Hall–Kier alpha value is -2.98. The van der Waals surface area contributed by atoms with Gasteiger partial charge < -0.3 is 0 Å². The van der Waals surface area contributed by atoms with E-state index in [0.29, 0.717) is 18.7 Å². The molecule has 1 saturated heterocycles. The van der Waals surface area contributed by atoms with E-state index in [-0.39, 0.29) is 35.4 Å². The second-order valence-corrected chi connectivity index (χ2v) is 8.81. The predicted molar refractivity (Wildman–Crippen MR) is 107 cm³/mol. The number of rotatable bonds is 7. The van der Waals surface area contributed by atoms with E-state index in [0.717, 1.165) is 6.42 Å². The summed E-state index contributed by atoms with van der Waals surface area (Å²) in [6.45, 7) is 0.711. The quantitative estimate of drug-likeness (QED) is 0.526. The van der Waals surface area contributed by atoms with Gasteiger partial charge in [0.25, 0.3) is 5.69 Å². The molecule has 0 radical (unpaired) electrons. The number of carbonyl (C=O) groups excluding carboxylic acids is 1. The summed E-state index contributed by atoms with van der Waals surface area (Å²) in [5.41, 5.74) is 5.49. The van der Waals surface area contributed by atoms with Gasteiger partial charge in [0.05, 0.1) is 15.5 Å². The molecule has 9 nitrogen and oxygen atoms in total. The van der Waals surface area contributed by atoms with Gasteiger partial charge >= 0.3 is 0 Å². The Morgan fingerprint density at radius 1 is 1.17 bits per heavy atom. The fraction of sp³-hybridized carbons (Fsp3) is 0.316. The van der Waals surface area contributed by atoms with E-state index >= 15 is 0 Å². The molecule has 2 aromatic rings. The number of carbonyl (C=O) groups is 1. The zero-order valence-electron chi connectivity index (χ0n) is 15.7. The molecule has 10 heteroatoms. The largest absolute Gasteiger partial charge is 0.298 e. The molecular formula is C19H22N4O5S. The molecule has 29 heavy (non-hydrogen) atoms.